The summed E-state index contributed by atoms with van der Waals surface area (Å²) in [7, 11) is 4.24. The van der Waals surface area contributed by atoms with E-state index in [4.69, 9.17) is 0 Å². The minimum absolute atomic E-state index is 0. The Morgan fingerprint density at radius 1 is 0.964 bits per heavy atom. The van der Waals surface area contributed by atoms with Crippen LogP contribution in [-0.2, 0) is 11.8 Å². The van der Waals surface area contributed by atoms with Crippen LogP contribution in [0.2, 0.25) is 0 Å². The summed E-state index contributed by atoms with van der Waals surface area (Å²) in [5.74, 6) is -0.0601. The molecule has 28 heavy (non-hydrogen) atoms. The number of nitrogens with zero attached hydrogens (tertiary/aromatic N) is 2. The van der Waals surface area contributed by atoms with E-state index >= 15 is 0 Å². The standard InChI is InChI=1S/C23H19N3O.HI/c1-14(27)24-15-11-12-20-18(13-15)16-8-6-10-21-22(16)23(26(20)3)17-7-4-5-9-19(17)25(21)2;/h4-13H,1-3H3;1H. The number of para-hydroxylation sites is 1. The van der Waals surface area contributed by atoms with E-state index < -0.39 is 0 Å². The molecule has 0 atom stereocenters. The lowest BCUT2D eigenvalue weighted by Crippen LogP contribution is -3.00. The van der Waals surface area contributed by atoms with Crippen molar-refractivity contribution in [3.05, 3.63) is 60.7 Å². The largest absolute Gasteiger partial charge is 1.00 e. The molecule has 1 aliphatic rings. The number of rotatable bonds is 1. The molecule has 1 aromatic heterocycles. The number of amides is 1. The maximum atomic E-state index is 11.5. The molecule has 1 aliphatic heterocycles. The fourth-order valence-corrected chi connectivity index (χ4v) is 4.32. The third-order valence-corrected chi connectivity index (χ3v) is 5.47. The molecule has 0 aliphatic carbocycles. The second-order valence-corrected chi connectivity index (χ2v) is 7.10. The van der Waals surface area contributed by atoms with E-state index in [1.54, 1.807) is 0 Å². The van der Waals surface area contributed by atoms with Crippen LogP contribution < -0.4 is 38.8 Å². The van der Waals surface area contributed by atoms with Gasteiger partial charge >= 0.3 is 0 Å². The predicted octanol–water partition coefficient (Wildman–Crippen LogP) is 1.53. The van der Waals surface area contributed by atoms with Gasteiger partial charge in [0.15, 0.2) is 0 Å². The Labute approximate surface area is 180 Å². The highest BCUT2D eigenvalue weighted by molar-refractivity contribution is 6.17. The van der Waals surface area contributed by atoms with Crippen molar-refractivity contribution in [2.75, 3.05) is 17.3 Å². The molecule has 0 radical (unpaired) electrons. The summed E-state index contributed by atoms with van der Waals surface area (Å²) in [6.45, 7) is 1.54. The second-order valence-electron chi connectivity index (χ2n) is 7.10. The zero-order chi connectivity index (χ0) is 18.7. The molecule has 1 amide bonds. The van der Waals surface area contributed by atoms with Gasteiger partial charge in [0.1, 0.15) is 7.05 Å². The molecular formula is C23H20IN3O. The molecule has 2 heterocycles. The van der Waals surface area contributed by atoms with Crippen molar-refractivity contribution in [2.45, 2.75) is 6.92 Å². The van der Waals surface area contributed by atoms with Crippen LogP contribution in [0.25, 0.3) is 32.9 Å². The number of hydrogen-bond donors (Lipinski definition) is 1. The first-order valence-electron chi connectivity index (χ1n) is 9.05. The van der Waals surface area contributed by atoms with Crippen LogP contribution in [0.4, 0.5) is 17.1 Å². The normalized spacial score (nSPS) is 11.9. The number of carbonyl (C=O) groups is 1. The molecule has 5 heteroatoms. The highest BCUT2D eigenvalue weighted by Crippen LogP contribution is 2.46. The van der Waals surface area contributed by atoms with Crippen molar-refractivity contribution in [3.8, 4) is 11.3 Å². The van der Waals surface area contributed by atoms with Crippen molar-refractivity contribution >= 4 is 44.6 Å². The maximum Gasteiger partial charge on any atom is 0.224 e. The van der Waals surface area contributed by atoms with Crippen LogP contribution in [0.15, 0.2) is 60.7 Å². The van der Waals surface area contributed by atoms with Crippen LogP contribution in [0.5, 0.6) is 0 Å². The molecule has 0 unspecified atom stereocenters. The number of benzene rings is 3. The van der Waals surface area contributed by atoms with E-state index in [0.29, 0.717) is 0 Å². The number of carbonyl (C=O) groups excluding carboxylic acids is 1. The fourth-order valence-electron chi connectivity index (χ4n) is 4.32. The highest BCUT2D eigenvalue weighted by Gasteiger charge is 2.30. The smallest absolute Gasteiger partial charge is 0.224 e. The molecule has 4 nitrogen and oxygen atoms in total. The molecule has 0 bridgehead atoms. The maximum absolute atomic E-state index is 11.5. The quantitative estimate of drug-likeness (QED) is 0.255. The number of anilines is 3. The van der Waals surface area contributed by atoms with Crippen molar-refractivity contribution in [1.82, 2.24) is 0 Å². The SMILES string of the molecule is CC(=O)Nc1ccc2c(c1)c1cccc3c1c([n+]2C)-c1ccccc1N3C.[I-]. The average Bonchev–Trinajstić information content (AvgIpc) is 2.67. The molecule has 0 saturated heterocycles. The lowest BCUT2D eigenvalue weighted by atomic mass is 9.93. The minimum atomic E-state index is -0.0601. The minimum Gasteiger partial charge on any atom is -1.00 e. The third kappa shape index (κ3) is 2.57. The van der Waals surface area contributed by atoms with E-state index in [1.807, 2.05) is 6.07 Å². The Morgan fingerprint density at radius 2 is 1.71 bits per heavy atom. The Balaban J connectivity index is 0.00000192. The molecule has 0 saturated carbocycles. The van der Waals surface area contributed by atoms with Gasteiger partial charge in [0.25, 0.3) is 0 Å². The summed E-state index contributed by atoms with van der Waals surface area (Å²) in [6.07, 6.45) is 0. The topological polar surface area (TPSA) is 36.2 Å². The van der Waals surface area contributed by atoms with Gasteiger partial charge < -0.3 is 34.2 Å². The van der Waals surface area contributed by atoms with Crippen molar-refractivity contribution in [1.29, 1.82) is 0 Å². The molecule has 0 spiro atoms. The third-order valence-electron chi connectivity index (χ3n) is 5.47. The predicted molar refractivity (Wildman–Crippen MR) is 110 cm³/mol. The van der Waals surface area contributed by atoms with E-state index in [2.05, 4.69) is 83.5 Å². The zero-order valence-electron chi connectivity index (χ0n) is 16.0. The monoisotopic (exact) mass is 481 g/mol. The molecule has 5 rings (SSSR count). The molecule has 3 aromatic carbocycles. The number of halogens is 1. The van der Waals surface area contributed by atoms with Gasteiger partial charge in [-0.05, 0) is 30.3 Å². The van der Waals surface area contributed by atoms with Gasteiger partial charge in [-0.3, -0.25) is 4.79 Å². The van der Waals surface area contributed by atoms with Gasteiger partial charge in [-0.15, -0.1) is 0 Å². The first-order valence-corrected chi connectivity index (χ1v) is 9.05. The van der Waals surface area contributed by atoms with Crippen LogP contribution in [-0.4, -0.2) is 13.0 Å². The van der Waals surface area contributed by atoms with Gasteiger partial charge in [-0.2, -0.15) is 4.57 Å². The molecule has 1 N–H and O–H groups in total. The van der Waals surface area contributed by atoms with Gasteiger partial charge in [-0.25, -0.2) is 0 Å². The Bertz CT molecular complexity index is 1270. The van der Waals surface area contributed by atoms with Crippen LogP contribution in [0, 0.1) is 0 Å². The van der Waals surface area contributed by atoms with Gasteiger partial charge in [-0.1, -0.05) is 24.3 Å². The molecule has 0 fully saturated rings. The summed E-state index contributed by atoms with van der Waals surface area (Å²) >= 11 is 0. The second kappa shape index (κ2) is 6.74. The van der Waals surface area contributed by atoms with Gasteiger partial charge in [0.2, 0.25) is 17.1 Å². The van der Waals surface area contributed by atoms with Crippen molar-refractivity contribution < 1.29 is 33.3 Å². The molecule has 140 valence electrons. The number of aromatic nitrogens is 1. The zero-order valence-corrected chi connectivity index (χ0v) is 18.1. The fraction of sp³-hybridized carbons (Fsp3) is 0.130. The van der Waals surface area contributed by atoms with Crippen LogP contribution >= 0.6 is 0 Å². The first kappa shape index (κ1) is 18.7. The van der Waals surface area contributed by atoms with E-state index in [-0.39, 0.29) is 29.9 Å². The number of pyridine rings is 1. The van der Waals surface area contributed by atoms with E-state index in [0.717, 1.165) is 16.6 Å². The highest BCUT2D eigenvalue weighted by atomic mass is 127. The van der Waals surface area contributed by atoms with Crippen LogP contribution in [0.1, 0.15) is 6.92 Å². The van der Waals surface area contributed by atoms with Crippen molar-refractivity contribution in [3.63, 3.8) is 0 Å². The Hall–Kier alpha value is -2.67. The van der Waals surface area contributed by atoms with Gasteiger partial charge in [0, 0.05) is 31.1 Å². The summed E-state index contributed by atoms with van der Waals surface area (Å²) in [5, 5.41) is 6.48. The number of hydrogen-bond acceptors (Lipinski definition) is 2. The van der Waals surface area contributed by atoms with Crippen molar-refractivity contribution in [2.24, 2.45) is 7.05 Å². The number of aryl methyl sites for hydroxylation is 1. The molecule has 4 aromatic rings. The summed E-state index contributed by atoms with van der Waals surface area (Å²) in [6, 6.07) is 21.1. The Morgan fingerprint density at radius 3 is 2.50 bits per heavy atom. The lowest BCUT2D eigenvalue weighted by molar-refractivity contribution is -0.632. The average molecular weight is 481 g/mol. The first-order chi connectivity index (χ1) is 13.1. The Kier molecular flexibility index (Phi) is 4.50. The van der Waals surface area contributed by atoms with E-state index in [1.165, 1.54) is 40.3 Å². The number of nitrogens with one attached hydrogen (secondary N) is 1. The van der Waals surface area contributed by atoms with Gasteiger partial charge in [0.05, 0.1) is 27.7 Å². The lowest BCUT2D eigenvalue weighted by Gasteiger charge is -2.28. The summed E-state index contributed by atoms with van der Waals surface area (Å²) in [5.41, 5.74) is 6.84. The summed E-state index contributed by atoms with van der Waals surface area (Å²) < 4.78 is 2.27. The van der Waals surface area contributed by atoms with E-state index in [9.17, 15) is 4.79 Å². The number of fused-ring (bicyclic) bond motifs is 4. The summed E-state index contributed by atoms with van der Waals surface area (Å²) in [4.78, 5) is 13.8. The molecular weight excluding hydrogens is 461 g/mol. The van der Waals surface area contributed by atoms with Crippen LogP contribution in [0.3, 0.4) is 0 Å².